The van der Waals surface area contributed by atoms with E-state index < -0.39 is 0 Å². The van der Waals surface area contributed by atoms with Gasteiger partial charge in [0.15, 0.2) is 5.79 Å². The van der Waals surface area contributed by atoms with Gasteiger partial charge in [-0.2, -0.15) is 0 Å². The Morgan fingerprint density at radius 1 is 1.30 bits per heavy atom. The van der Waals surface area contributed by atoms with Crippen molar-refractivity contribution in [3.05, 3.63) is 29.6 Å². The summed E-state index contributed by atoms with van der Waals surface area (Å²) < 4.78 is 11.4. The summed E-state index contributed by atoms with van der Waals surface area (Å²) in [5.41, 5.74) is 1.34. The van der Waals surface area contributed by atoms with E-state index in [1.54, 1.807) is 6.07 Å². The van der Waals surface area contributed by atoms with E-state index in [2.05, 4.69) is 10.3 Å². The lowest BCUT2D eigenvalue weighted by Crippen LogP contribution is -2.44. The van der Waals surface area contributed by atoms with E-state index in [1.165, 1.54) is 0 Å². The standard InChI is InChI=1S/C15H20N2O3/c1-11-3-2-4-13(16-11)14(18)17-12-5-7-15(8-6-12)19-9-10-20-15/h2-4,12H,5-10H2,1H3,(H,17,18). The fraction of sp³-hybridized carbons (Fsp3) is 0.600. The van der Waals surface area contributed by atoms with Gasteiger partial charge < -0.3 is 14.8 Å². The van der Waals surface area contributed by atoms with Crippen molar-refractivity contribution in [2.75, 3.05) is 13.2 Å². The van der Waals surface area contributed by atoms with Crippen LogP contribution in [0, 0.1) is 6.92 Å². The maximum absolute atomic E-state index is 12.1. The van der Waals surface area contributed by atoms with Crippen molar-refractivity contribution in [3.8, 4) is 0 Å². The van der Waals surface area contributed by atoms with Crippen molar-refractivity contribution in [2.45, 2.75) is 44.4 Å². The first-order chi connectivity index (χ1) is 9.67. The second kappa shape index (κ2) is 5.50. The molecular weight excluding hydrogens is 256 g/mol. The molecule has 5 heteroatoms. The van der Waals surface area contributed by atoms with Crippen molar-refractivity contribution in [3.63, 3.8) is 0 Å². The maximum atomic E-state index is 12.1. The number of carbonyl (C=O) groups is 1. The van der Waals surface area contributed by atoms with Crippen LogP contribution >= 0.6 is 0 Å². The first kappa shape index (κ1) is 13.5. The molecule has 1 saturated carbocycles. The number of aromatic nitrogens is 1. The van der Waals surface area contributed by atoms with Gasteiger partial charge in [-0.15, -0.1) is 0 Å². The monoisotopic (exact) mass is 276 g/mol. The number of rotatable bonds is 2. The molecular formula is C15H20N2O3. The van der Waals surface area contributed by atoms with Crippen LogP contribution in [0.25, 0.3) is 0 Å². The molecule has 5 nitrogen and oxygen atoms in total. The highest BCUT2D eigenvalue weighted by Gasteiger charge is 2.40. The second-order valence-electron chi connectivity index (χ2n) is 5.52. The Kier molecular flexibility index (Phi) is 3.72. The lowest BCUT2D eigenvalue weighted by Gasteiger charge is -2.35. The fourth-order valence-electron chi connectivity index (χ4n) is 2.92. The van der Waals surface area contributed by atoms with Crippen LogP contribution in [-0.2, 0) is 9.47 Å². The van der Waals surface area contributed by atoms with Crippen LogP contribution in [0.1, 0.15) is 41.9 Å². The normalized spacial score (nSPS) is 22.1. The summed E-state index contributed by atoms with van der Waals surface area (Å²) in [6.45, 7) is 3.25. The van der Waals surface area contributed by atoms with Gasteiger partial charge in [0, 0.05) is 24.6 Å². The zero-order valence-electron chi connectivity index (χ0n) is 11.7. The van der Waals surface area contributed by atoms with Crippen LogP contribution in [0.15, 0.2) is 18.2 Å². The van der Waals surface area contributed by atoms with Crippen LogP contribution in [0.4, 0.5) is 0 Å². The average molecular weight is 276 g/mol. The molecule has 1 spiro atoms. The molecule has 1 N–H and O–H groups in total. The van der Waals surface area contributed by atoms with Gasteiger partial charge in [-0.1, -0.05) is 6.07 Å². The Balaban J connectivity index is 1.55. The zero-order valence-corrected chi connectivity index (χ0v) is 11.7. The molecule has 0 radical (unpaired) electrons. The fourth-order valence-corrected chi connectivity index (χ4v) is 2.92. The molecule has 20 heavy (non-hydrogen) atoms. The Morgan fingerprint density at radius 2 is 2.00 bits per heavy atom. The number of nitrogens with one attached hydrogen (secondary N) is 1. The van der Waals surface area contributed by atoms with Crippen LogP contribution in [-0.4, -0.2) is 35.9 Å². The van der Waals surface area contributed by atoms with Crippen molar-refractivity contribution >= 4 is 5.91 Å². The van der Waals surface area contributed by atoms with Crippen molar-refractivity contribution in [1.82, 2.24) is 10.3 Å². The molecule has 1 aromatic rings. The molecule has 1 aliphatic carbocycles. The highest BCUT2D eigenvalue weighted by atomic mass is 16.7. The molecule has 3 rings (SSSR count). The number of aryl methyl sites for hydroxylation is 1. The highest BCUT2D eigenvalue weighted by Crippen LogP contribution is 2.35. The molecule has 0 bridgehead atoms. The van der Waals surface area contributed by atoms with Gasteiger partial charge in [-0.3, -0.25) is 4.79 Å². The topological polar surface area (TPSA) is 60.5 Å². The first-order valence-electron chi connectivity index (χ1n) is 7.19. The van der Waals surface area contributed by atoms with Crippen molar-refractivity contribution in [2.24, 2.45) is 0 Å². The smallest absolute Gasteiger partial charge is 0.270 e. The molecule has 0 atom stereocenters. The van der Waals surface area contributed by atoms with E-state index >= 15 is 0 Å². The first-order valence-corrected chi connectivity index (χ1v) is 7.19. The summed E-state index contributed by atoms with van der Waals surface area (Å²) in [7, 11) is 0. The number of hydrogen-bond donors (Lipinski definition) is 1. The van der Waals surface area contributed by atoms with Crippen LogP contribution < -0.4 is 5.32 Å². The number of carbonyl (C=O) groups excluding carboxylic acids is 1. The van der Waals surface area contributed by atoms with E-state index in [0.717, 1.165) is 31.4 Å². The summed E-state index contributed by atoms with van der Waals surface area (Å²) in [6, 6.07) is 5.67. The number of nitrogens with zero attached hydrogens (tertiary/aromatic N) is 1. The molecule has 0 aromatic carbocycles. The lowest BCUT2D eigenvalue weighted by atomic mass is 9.90. The molecule has 0 unspecified atom stereocenters. The Bertz CT molecular complexity index is 488. The van der Waals surface area contributed by atoms with Crippen LogP contribution in [0.2, 0.25) is 0 Å². The summed E-state index contributed by atoms with van der Waals surface area (Å²) in [4.78, 5) is 16.4. The van der Waals surface area contributed by atoms with Gasteiger partial charge in [0.1, 0.15) is 5.69 Å². The van der Waals surface area contributed by atoms with Gasteiger partial charge in [0.25, 0.3) is 5.91 Å². The predicted octanol–water partition coefficient (Wildman–Crippen LogP) is 1.81. The van der Waals surface area contributed by atoms with Crippen molar-refractivity contribution < 1.29 is 14.3 Å². The zero-order chi connectivity index (χ0) is 14.0. The van der Waals surface area contributed by atoms with E-state index in [-0.39, 0.29) is 17.7 Å². The third-order valence-electron chi connectivity index (χ3n) is 4.02. The molecule has 1 saturated heterocycles. The number of amides is 1. The minimum atomic E-state index is -0.372. The largest absolute Gasteiger partial charge is 0.348 e. The summed E-state index contributed by atoms with van der Waals surface area (Å²) >= 11 is 0. The molecule has 108 valence electrons. The third kappa shape index (κ3) is 2.83. The number of pyridine rings is 1. The SMILES string of the molecule is Cc1cccc(C(=O)NC2CCC3(CC2)OCCO3)n1. The molecule has 2 fully saturated rings. The second-order valence-corrected chi connectivity index (χ2v) is 5.52. The molecule has 1 amide bonds. The van der Waals surface area contributed by atoms with Crippen LogP contribution in [0.3, 0.4) is 0 Å². The molecule has 1 aromatic heterocycles. The summed E-state index contributed by atoms with van der Waals surface area (Å²) in [5, 5.41) is 3.06. The van der Waals surface area contributed by atoms with E-state index in [0.29, 0.717) is 18.9 Å². The van der Waals surface area contributed by atoms with Gasteiger partial charge in [0.2, 0.25) is 0 Å². The van der Waals surface area contributed by atoms with Gasteiger partial charge in [-0.25, -0.2) is 4.98 Å². The minimum Gasteiger partial charge on any atom is -0.348 e. The van der Waals surface area contributed by atoms with E-state index in [4.69, 9.17) is 9.47 Å². The molecule has 1 aliphatic heterocycles. The predicted molar refractivity (Wildman–Crippen MR) is 73.3 cm³/mol. The van der Waals surface area contributed by atoms with Crippen molar-refractivity contribution in [1.29, 1.82) is 0 Å². The van der Waals surface area contributed by atoms with E-state index in [9.17, 15) is 4.79 Å². The lowest BCUT2D eigenvalue weighted by molar-refractivity contribution is -0.179. The third-order valence-corrected chi connectivity index (χ3v) is 4.02. The average Bonchev–Trinajstić information content (AvgIpc) is 2.90. The molecule has 2 aliphatic rings. The van der Waals surface area contributed by atoms with Gasteiger partial charge in [-0.05, 0) is 31.9 Å². The maximum Gasteiger partial charge on any atom is 0.270 e. The quantitative estimate of drug-likeness (QED) is 0.895. The number of hydrogen-bond acceptors (Lipinski definition) is 4. The highest BCUT2D eigenvalue weighted by molar-refractivity contribution is 5.92. The Hall–Kier alpha value is -1.46. The molecule has 2 heterocycles. The minimum absolute atomic E-state index is 0.0945. The van der Waals surface area contributed by atoms with Gasteiger partial charge in [0.05, 0.1) is 13.2 Å². The number of ether oxygens (including phenoxy) is 2. The summed E-state index contributed by atoms with van der Waals surface area (Å²) in [5.74, 6) is -0.467. The Morgan fingerprint density at radius 3 is 2.65 bits per heavy atom. The van der Waals surface area contributed by atoms with Gasteiger partial charge >= 0.3 is 0 Å². The van der Waals surface area contributed by atoms with Crippen LogP contribution in [0.5, 0.6) is 0 Å². The van der Waals surface area contributed by atoms with E-state index in [1.807, 2.05) is 19.1 Å². The summed E-state index contributed by atoms with van der Waals surface area (Å²) in [6.07, 6.45) is 3.47. The Labute approximate surface area is 118 Å².